The Morgan fingerprint density at radius 1 is 1.08 bits per heavy atom. The molecule has 3 aromatic heterocycles. The Hall–Kier alpha value is -2.27. The van der Waals surface area contributed by atoms with E-state index in [1.54, 1.807) is 0 Å². The number of hydrogen-bond acceptors (Lipinski definition) is 4. The SMILES string of the molecule is Cc1cnc(CN2CCCC(Cc3nccn4cccc34)CC2)cn1. The van der Waals surface area contributed by atoms with Gasteiger partial charge < -0.3 is 4.40 Å². The summed E-state index contributed by atoms with van der Waals surface area (Å²) < 4.78 is 2.17. The van der Waals surface area contributed by atoms with Crippen LogP contribution in [0.25, 0.3) is 5.52 Å². The highest BCUT2D eigenvalue weighted by atomic mass is 15.1. The van der Waals surface area contributed by atoms with Crippen molar-refractivity contribution in [3.05, 3.63) is 60.2 Å². The Labute approximate surface area is 148 Å². The van der Waals surface area contributed by atoms with Gasteiger partial charge in [-0.05, 0) is 63.7 Å². The fourth-order valence-electron chi connectivity index (χ4n) is 3.78. The fraction of sp³-hybridized carbons (Fsp3) is 0.450. The first kappa shape index (κ1) is 16.2. The lowest BCUT2D eigenvalue weighted by Gasteiger charge is -2.19. The molecule has 0 radical (unpaired) electrons. The third kappa shape index (κ3) is 3.87. The fourth-order valence-corrected chi connectivity index (χ4v) is 3.78. The van der Waals surface area contributed by atoms with E-state index in [0.29, 0.717) is 5.92 Å². The predicted octanol–water partition coefficient (Wildman–Crippen LogP) is 3.28. The number of likely N-dealkylation sites (tertiary alicyclic amines) is 1. The third-order valence-corrected chi connectivity index (χ3v) is 5.17. The van der Waals surface area contributed by atoms with E-state index in [2.05, 4.69) is 42.6 Å². The molecule has 25 heavy (non-hydrogen) atoms. The maximum Gasteiger partial charge on any atom is 0.0727 e. The molecule has 1 fully saturated rings. The second-order valence-corrected chi connectivity index (χ2v) is 7.10. The number of rotatable bonds is 4. The van der Waals surface area contributed by atoms with Gasteiger partial charge >= 0.3 is 0 Å². The molecule has 1 aliphatic heterocycles. The monoisotopic (exact) mass is 335 g/mol. The van der Waals surface area contributed by atoms with Gasteiger partial charge in [-0.2, -0.15) is 0 Å². The van der Waals surface area contributed by atoms with E-state index in [4.69, 9.17) is 0 Å². The molecule has 0 N–H and O–H groups in total. The van der Waals surface area contributed by atoms with Crippen molar-refractivity contribution in [2.75, 3.05) is 13.1 Å². The van der Waals surface area contributed by atoms with Crippen molar-refractivity contribution >= 4 is 5.52 Å². The minimum Gasteiger partial charge on any atom is -0.321 e. The van der Waals surface area contributed by atoms with Crippen molar-refractivity contribution in [3.63, 3.8) is 0 Å². The van der Waals surface area contributed by atoms with Gasteiger partial charge in [0.2, 0.25) is 0 Å². The van der Waals surface area contributed by atoms with Crippen LogP contribution in [-0.2, 0) is 13.0 Å². The van der Waals surface area contributed by atoms with Crippen molar-refractivity contribution in [1.82, 2.24) is 24.3 Å². The van der Waals surface area contributed by atoms with Gasteiger partial charge in [0.05, 0.1) is 22.6 Å². The standard InChI is InChI=1S/C20H25N5/c1-16-13-23-18(14-22-16)15-24-8-2-4-17(6-10-24)12-19-20-5-3-9-25(20)11-7-21-19/h3,5,7,9,11,13-14,17H,2,4,6,8,10,12,15H2,1H3. The lowest BCUT2D eigenvalue weighted by Crippen LogP contribution is -2.25. The van der Waals surface area contributed by atoms with Crippen molar-refractivity contribution in [2.45, 2.75) is 39.2 Å². The summed E-state index contributed by atoms with van der Waals surface area (Å²) in [5.74, 6) is 0.711. The van der Waals surface area contributed by atoms with E-state index in [9.17, 15) is 0 Å². The van der Waals surface area contributed by atoms with Crippen molar-refractivity contribution < 1.29 is 0 Å². The molecule has 5 nitrogen and oxygen atoms in total. The molecule has 1 atom stereocenters. The van der Waals surface area contributed by atoms with Gasteiger partial charge in [0.1, 0.15) is 0 Å². The molecule has 1 saturated heterocycles. The van der Waals surface area contributed by atoms with Crippen LogP contribution >= 0.6 is 0 Å². The van der Waals surface area contributed by atoms with E-state index < -0.39 is 0 Å². The first-order valence-electron chi connectivity index (χ1n) is 9.18. The first-order valence-corrected chi connectivity index (χ1v) is 9.18. The summed E-state index contributed by atoms with van der Waals surface area (Å²) in [5.41, 5.74) is 4.53. The molecule has 3 aromatic rings. The quantitative estimate of drug-likeness (QED) is 0.734. The normalized spacial score (nSPS) is 19.2. The average molecular weight is 335 g/mol. The van der Waals surface area contributed by atoms with Crippen LogP contribution in [0.2, 0.25) is 0 Å². The first-order chi connectivity index (χ1) is 12.3. The van der Waals surface area contributed by atoms with Crippen LogP contribution in [0.5, 0.6) is 0 Å². The molecule has 0 spiro atoms. The molecule has 0 saturated carbocycles. The molecule has 0 aromatic carbocycles. The molecule has 0 bridgehead atoms. The Morgan fingerprint density at radius 3 is 2.92 bits per heavy atom. The average Bonchev–Trinajstić information content (AvgIpc) is 3.00. The molecule has 5 heteroatoms. The molecule has 0 aliphatic carbocycles. The Kier molecular flexibility index (Phi) is 4.74. The summed E-state index contributed by atoms with van der Waals surface area (Å²) in [6, 6.07) is 4.26. The smallest absolute Gasteiger partial charge is 0.0727 e. The summed E-state index contributed by atoms with van der Waals surface area (Å²) in [5, 5.41) is 0. The summed E-state index contributed by atoms with van der Waals surface area (Å²) in [7, 11) is 0. The Bertz CT molecular complexity index is 823. The molecular weight excluding hydrogens is 310 g/mol. The van der Waals surface area contributed by atoms with Gasteiger partial charge in [-0.25, -0.2) is 0 Å². The number of hydrogen-bond donors (Lipinski definition) is 0. The summed E-state index contributed by atoms with van der Waals surface area (Å²) in [6.07, 6.45) is 14.6. The maximum absolute atomic E-state index is 4.65. The minimum absolute atomic E-state index is 0.711. The van der Waals surface area contributed by atoms with Gasteiger partial charge in [0.15, 0.2) is 0 Å². The largest absolute Gasteiger partial charge is 0.321 e. The van der Waals surface area contributed by atoms with Gasteiger partial charge in [-0.1, -0.05) is 0 Å². The highest BCUT2D eigenvalue weighted by molar-refractivity contribution is 5.52. The lowest BCUT2D eigenvalue weighted by atomic mass is 9.95. The van der Waals surface area contributed by atoms with Crippen molar-refractivity contribution in [1.29, 1.82) is 0 Å². The van der Waals surface area contributed by atoms with Gasteiger partial charge in [0, 0.05) is 37.5 Å². The highest BCUT2D eigenvalue weighted by Crippen LogP contribution is 2.23. The lowest BCUT2D eigenvalue weighted by molar-refractivity contribution is 0.269. The highest BCUT2D eigenvalue weighted by Gasteiger charge is 2.19. The topological polar surface area (TPSA) is 46.3 Å². The van der Waals surface area contributed by atoms with Crippen molar-refractivity contribution in [2.24, 2.45) is 5.92 Å². The van der Waals surface area contributed by atoms with Gasteiger partial charge in [-0.15, -0.1) is 0 Å². The summed E-state index contributed by atoms with van der Waals surface area (Å²) >= 11 is 0. The number of aromatic nitrogens is 4. The molecule has 1 unspecified atom stereocenters. The van der Waals surface area contributed by atoms with Crippen LogP contribution in [0.15, 0.2) is 43.1 Å². The molecular formula is C20H25N5. The zero-order valence-corrected chi connectivity index (χ0v) is 14.8. The van der Waals surface area contributed by atoms with Crippen LogP contribution < -0.4 is 0 Å². The van der Waals surface area contributed by atoms with Crippen molar-refractivity contribution in [3.8, 4) is 0 Å². The van der Waals surface area contributed by atoms with Crippen LogP contribution in [0.4, 0.5) is 0 Å². The van der Waals surface area contributed by atoms with E-state index in [1.807, 2.05) is 31.7 Å². The van der Waals surface area contributed by atoms with Crippen LogP contribution in [0.3, 0.4) is 0 Å². The van der Waals surface area contributed by atoms with E-state index >= 15 is 0 Å². The molecule has 1 aliphatic rings. The van der Waals surface area contributed by atoms with E-state index in [1.165, 1.54) is 30.5 Å². The zero-order valence-electron chi connectivity index (χ0n) is 14.8. The Morgan fingerprint density at radius 2 is 2.04 bits per heavy atom. The second kappa shape index (κ2) is 7.31. The molecule has 4 rings (SSSR count). The van der Waals surface area contributed by atoms with Crippen LogP contribution in [0.1, 0.15) is 36.3 Å². The Balaban J connectivity index is 1.38. The van der Waals surface area contributed by atoms with Gasteiger partial charge in [0.25, 0.3) is 0 Å². The van der Waals surface area contributed by atoms with Crippen LogP contribution in [-0.4, -0.2) is 37.3 Å². The van der Waals surface area contributed by atoms with E-state index in [-0.39, 0.29) is 0 Å². The van der Waals surface area contributed by atoms with E-state index in [0.717, 1.165) is 37.4 Å². The number of fused-ring (bicyclic) bond motifs is 1. The summed E-state index contributed by atoms with van der Waals surface area (Å²) in [4.78, 5) is 16.0. The molecule has 0 amide bonds. The molecule has 4 heterocycles. The summed E-state index contributed by atoms with van der Waals surface area (Å²) in [6.45, 7) is 5.17. The number of nitrogens with zero attached hydrogens (tertiary/aromatic N) is 5. The van der Waals surface area contributed by atoms with Crippen LogP contribution in [0, 0.1) is 12.8 Å². The minimum atomic E-state index is 0.711. The number of aryl methyl sites for hydroxylation is 1. The second-order valence-electron chi connectivity index (χ2n) is 7.10. The third-order valence-electron chi connectivity index (χ3n) is 5.17. The maximum atomic E-state index is 4.65. The molecule has 130 valence electrons. The van der Waals surface area contributed by atoms with Gasteiger partial charge in [-0.3, -0.25) is 19.9 Å². The predicted molar refractivity (Wildman–Crippen MR) is 98.3 cm³/mol. The zero-order chi connectivity index (χ0) is 17.1.